The van der Waals surface area contributed by atoms with Gasteiger partial charge in [0.15, 0.2) is 10.1 Å². The first-order chi connectivity index (χ1) is 16.0. The number of fused-ring (bicyclic) bond motifs is 1. The molecule has 0 radical (unpaired) electrons. The summed E-state index contributed by atoms with van der Waals surface area (Å²) in [4.78, 5) is 13.4. The standard InChI is InChI=1S/C24H21N5O2S2/c1-14-12-15(2)29(28-14)20-10-6-5-9-19(20)25-23(30)22-18(13-32-24-27-26-16(3)33-24)17-8-4-7-11-21(17)31-22/h4-12H,13H2,1-3H3,(H,25,30). The predicted octanol–water partition coefficient (Wildman–Crippen LogP) is 5.94. The average molecular weight is 476 g/mol. The number of para-hydroxylation sites is 3. The second kappa shape index (κ2) is 8.84. The lowest BCUT2D eigenvalue weighted by Crippen LogP contribution is -2.15. The molecule has 0 saturated carbocycles. The molecule has 2 aromatic carbocycles. The van der Waals surface area contributed by atoms with Gasteiger partial charge in [0, 0.05) is 22.4 Å². The van der Waals surface area contributed by atoms with Crippen molar-refractivity contribution in [3.63, 3.8) is 0 Å². The van der Waals surface area contributed by atoms with E-state index >= 15 is 0 Å². The Kier molecular flexibility index (Phi) is 5.74. The van der Waals surface area contributed by atoms with Crippen molar-refractivity contribution in [3.05, 3.63) is 82.3 Å². The fraction of sp³-hybridized carbons (Fsp3) is 0.167. The summed E-state index contributed by atoms with van der Waals surface area (Å²) in [7, 11) is 0. The third-order valence-electron chi connectivity index (χ3n) is 5.14. The second-order valence-corrected chi connectivity index (χ2v) is 10.00. The van der Waals surface area contributed by atoms with E-state index in [2.05, 4.69) is 20.6 Å². The zero-order chi connectivity index (χ0) is 22.9. The van der Waals surface area contributed by atoms with E-state index in [1.54, 1.807) is 11.8 Å². The number of aryl methyl sites for hydroxylation is 3. The smallest absolute Gasteiger partial charge is 0.291 e. The minimum atomic E-state index is -0.302. The number of nitrogens with zero attached hydrogens (tertiary/aromatic N) is 4. The summed E-state index contributed by atoms with van der Waals surface area (Å²) >= 11 is 3.08. The number of nitrogens with one attached hydrogen (secondary N) is 1. The highest BCUT2D eigenvalue weighted by molar-refractivity contribution is 8.00. The molecule has 1 amide bonds. The zero-order valence-corrected chi connectivity index (χ0v) is 20.0. The molecular formula is C24H21N5O2S2. The zero-order valence-electron chi connectivity index (χ0n) is 18.3. The monoisotopic (exact) mass is 475 g/mol. The number of amides is 1. The number of thioether (sulfide) groups is 1. The van der Waals surface area contributed by atoms with Gasteiger partial charge in [-0.25, -0.2) is 4.68 Å². The first-order valence-corrected chi connectivity index (χ1v) is 12.2. The van der Waals surface area contributed by atoms with Gasteiger partial charge in [-0.15, -0.1) is 10.2 Å². The fourth-order valence-corrected chi connectivity index (χ4v) is 5.56. The van der Waals surface area contributed by atoms with E-state index in [1.165, 1.54) is 11.3 Å². The first-order valence-electron chi connectivity index (χ1n) is 10.4. The molecule has 5 aromatic rings. The number of rotatable bonds is 6. The van der Waals surface area contributed by atoms with Crippen LogP contribution in [-0.4, -0.2) is 25.9 Å². The van der Waals surface area contributed by atoms with Crippen molar-refractivity contribution in [2.24, 2.45) is 0 Å². The van der Waals surface area contributed by atoms with Gasteiger partial charge < -0.3 is 9.73 Å². The SMILES string of the molecule is Cc1cc(C)n(-c2ccccc2NC(=O)c2oc3ccccc3c2CSc2nnc(C)s2)n1. The van der Waals surface area contributed by atoms with E-state index in [0.29, 0.717) is 22.8 Å². The highest BCUT2D eigenvalue weighted by Gasteiger charge is 2.22. The number of hydrogen-bond acceptors (Lipinski definition) is 7. The van der Waals surface area contributed by atoms with E-state index < -0.39 is 0 Å². The Morgan fingerprint density at radius 2 is 1.88 bits per heavy atom. The topological polar surface area (TPSA) is 85.8 Å². The molecule has 3 aromatic heterocycles. The molecule has 0 aliphatic carbocycles. The molecule has 0 fully saturated rings. The molecule has 0 aliphatic rings. The van der Waals surface area contributed by atoms with Gasteiger partial charge in [0.2, 0.25) is 0 Å². The third kappa shape index (κ3) is 4.29. The van der Waals surface area contributed by atoms with Crippen LogP contribution in [0.15, 0.2) is 63.4 Å². The molecule has 0 unspecified atom stereocenters. The van der Waals surface area contributed by atoms with Crippen molar-refractivity contribution < 1.29 is 9.21 Å². The quantitative estimate of drug-likeness (QED) is 0.306. The van der Waals surface area contributed by atoms with Gasteiger partial charge in [-0.2, -0.15) is 5.10 Å². The molecule has 9 heteroatoms. The minimum Gasteiger partial charge on any atom is -0.451 e. The van der Waals surface area contributed by atoms with Crippen LogP contribution in [0.4, 0.5) is 5.69 Å². The number of carbonyl (C=O) groups excluding carboxylic acids is 1. The lowest BCUT2D eigenvalue weighted by atomic mass is 10.1. The Hall–Kier alpha value is -3.43. The number of anilines is 1. The molecule has 166 valence electrons. The van der Waals surface area contributed by atoms with Crippen LogP contribution in [0.3, 0.4) is 0 Å². The summed E-state index contributed by atoms with van der Waals surface area (Å²) in [5.74, 6) is 0.547. The molecule has 33 heavy (non-hydrogen) atoms. The summed E-state index contributed by atoms with van der Waals surface area (Å²) in [6, 6.07) is 17.3. The van der Waals surface area contributed by atoms with Crippen molar-refractivity contribution in [3.8, 4) is 5.69 Å². The van der Waals surface area contributed by atoms with Crippen LogP contribution in [0, 0.1) is 20.8 Å². The maximum atomic E-state index is 13.4. The molecule has 0 aliphatic heterocycles. The fourth-order valence-electron chi connectivity index (χ4n) is 3.71. The largest absolute Gasteiger partial charge is 0.451 e. The Balaban J connectivity index is 1.49. The predicted molar refractivity (Wildman–Crippen MR) is 131 cm³/mol. The molecule has 0 spiro atoms. The highest BCUT2D eigenvalue weighted by Crippen LogP contribution is 2.34. The van der Waals surface area contributed by atoms with E-state index in [-0.39, 0.29) is 5.91 Å². The van der Waals surface area contributed by atoms with E-state index in [0.717, 1.165) is 37.4 Å². The molecule has 5 rings (SSSR count). The van der Waals surface area contributed by atoms with E-state index in [4.69, 9.17) is 4.42 Å². The lowest BCUT2D eigenvalue weighted by molar-refractivity contribution is 0.0997. The maximum absolute atomic E-state index is 13.4. The Labute approximate surface area is 198 Å². The molecule has 0 atom stereocenters. The summed E-state index contributed by atoms with van der Waals surface area (Å²) in [5, 5.41) is 17.7. The molecule has 1 N–H and O–H groups in total. The number of hydrogen-bond donors (Lipinski definition) is 1. The normalized spacial score (nSPS) is 11.2. The number of benzene rings is 2. The van der Waals surface area contributed by atoms with Gasteiger partial charge in [-0.1, -0.05) is 53.4 Å². The van der Waals surface area contributed by atoms with Crippen molar-refractivity contribution in [2.75, 3.05) is 5.32 Å². The molecule has 0 saturated heterocycles. The summed E-state index contributed by atoms with van der Waals surface area (Å²) in [6.07, 6.45) is 0. The van der Waals surface area contributed by atoms with Crippen LogP contribution < -0.4 is 5.32 Å². The van der Waals surface area contributed by atoms with Crippen molar-refractivity contribution in [2.45, 2.75) is 30.9 Å². The molecular weight excluding hydrogens is 454 g/mol. The first kappa shape index (κ1) is 21.4. The Morgan fingerprint density at radius 3 is 2.64 bits per heavy atom. The van der Waals surface area contributed by atoms with Gasteiger partial charge in [0.05, 0.1) is 17.1 Å². The van der Waals surface area contributed by atoms with Crippen LogP contribution in [0.2, 0.25) is 0 Å². The minimum absolute atomic E-state index is 0.299. The van der Waals surface area contributed by atoms with Crippen LogP contribution >= 0.6 is 23.1 Å². The van der Waals surface area contributed by atoms with Crippen LogP contribution in [-0.2, 0) is 5.75 Å². The van der Waals surface area contributed by atoms with Crippen molar-refractivity contribution in [1.29, 1.82) is 0 Å². The van der Waals surface area contributed by atoms with Crippen LogP contribution in [0.1, 0.15) is 32.5 Å². The third-order valence-corrected chi connectivity index (χ3v) is 7.14. The Morgan fingerprint density at radius 1 is 1.09 bits per heavy atom. The lowest BCUT2D eigenvalue weighted by Gasteiger charge is -2.12. The highest BCUT2D eigenvalue weighted by atomic mass is 32.2. The second-order valence-electron chi connectivity index (χ2n) is 7.59. The van der Waals surface area contributed by atoms with Gasteiger partial charge in [-0.3, -0.25) is 4.79 Å². The van der Waals surface area contributed by atoms with Gasteiger partial charge in [-0.05, 0) is 45.0 Å². The van der Waals surface area contributed by atoms with E-state index in [9.17, 15) is 4.79 Å². The van der Waals surface area contributed by atoms with Crippen LogP contribution in [0.5, 0.6) is 0 Å². The van der Waals surface area contributed by atoms with Gasteiger partial charge >= 0.3 is 0 Å². The maximum Gasteiger partial charge on any atom is 0.291 e. The van der Waals surface area contributed by atoms with Crippen molar-refractivity contribution >= 4 is 45.7 Å². The summed E-state index contributed by atoms with van der Waals surface area (Å²) < 4.78 is 8.71. The van der Waals surface area contributed by atoms with E-state index in [1.807, 2.05) is 80.1 Å². The van der Waals surface area contributed by atoms with Gasteiger partial charge in [0.25, 0.3) is 5.91 Å². The number of carbonyl (C=O) groups is 1. The number of furan rings is 1. The molecule has 0 bridgehead atoms. The Bertz CT molecular complexity index is 1470. The van der Waals surface area contributed by atoms with Crippen LogP contribution in [0.25, 0.3) is 16.7 Å². The number of aromatic nitrogens is 4. The molecule has 7 nitrogen and oxygen atoms in total. The van der Waals surface area contributed by atoms with Crippen molar-refractivity contribution in [1.82, 2.24) is 20.0 Å². The average Bonchev–Trinajstić information content (AvgIpc) is 3.49. The molecule has 3 heterocycles. The summed E-state index contributed by atoms with van der Waals surface area (Å²) in [5.41, 5.74) is 4.88. The van der Waals surface area contributed by atoms with Gasteiger partial charge in [0.1, 0.15) is 10.6 Å². The summed E-state index contributed by atoms with van der Waals surface area (Å²) in [6.45, 7) is 5.86.